The Labute approximate surface area is 111 Å². The van der Waals surface area contributed by atoms with Crippen LogP contribution >= 0.6 is 0 Å². The molecule has 1 aliphatic rings. The largest absolute Gasteiger partial charge is 0.480 e. The van der Waals surface area contributed by atoms with Gasteiger partial charge in [-0.1, -0.05) is 0 Å². The van der Waals surface area contributed by atoms with Gasteiger partial charge < -0.3 is 32.1 Å². The fraction of sp³-hybridized carbons (Fsp3) is 0.818. The Balaban J connectivity index is 0.000000356. The van der Waals surface area contributed by atoms with Crippen molar-refractivity contribution in [3.8, 4) is 0 Å². The topological polar surface area (TPSA) is 159 Å². The third-order valence-electron chi connectivity index (χ3n) is 2.76. The van der Waals surface area contributed by atoms with Crippen LogP contribution in [0.3, 0.4) is 0 Å². The molecule has 112 valence electrons. The van der Waals surface area contributed by atoms with Gasteiger partial charge in [0.05, 0.1) is 6.10 Å². The molecule has 0 aromatic rings. The molecule has 1 rings (SSSR count). The molecule has 8 nitrogen and oxygen atoms in total. The Morgan fingerprint density at radius 2 is 1.95 bits per heavy atom. The summed E-state index contributed by atoms with van der Waals surface area (Å²) < 4.78 is 0. The molecule has 1 heterocycles. The highest BCUT2D eigenvalue weighted by atomic mass is 16.4. The molecular formula is C11H23N3O5. The van der Waals surface area contributed by atoms with Crippen LogP contribution in [0, 0.1) is 0 Å². The van der Waals surface area contributed by atoms with Crippen molar-refractivity contribution in [1.29, 1.82) is 0 Å². The van der Waals surface area contributed by atoms with Crippen LogP contribution in [0.4, 0.5) is 0 Å². The van der Waals surface area contributed by atoms with Crippen molar-refractivity contribution >= 4 is 11.9 Å². The van der Waals surface area contributed by atoms with Crippen molar-refractivity contribution in [3.63, 3.8) is 0 Å². The second-order valence-corrected chi connectivity index (χ2v) is 4.40. The van der Waals surface area contributed by atoms with Gasteiger partial charge >= 0.3 is 11.9 Å². The molecule has 1 saturated heterocycles. The van der Waals surface area contributed by atoms with Crippen LogP contribution < -0.4 is 16.8 Å². The van der Waals surface area contributed by atoms with E-state index in [1.54, 1.807) is 0 Å². The van der Waals surface area contributed by atoms with Gasteiger partial charge in [0.15, 0.2) is 0 Å². The molecule has 0 radical (unpaired) electrons. The fourth-order valence-electron chi connectivity index (χ4n) is 1.51. The third kappa shape index (κ3) is 8.49. The maximum absolute atomic E-state index is 10.2. The summed E-state index contributed by atoms with van der Waals surface area (Å²) in [5, 5.41) is 28.5. The molecule has 0 spiro atoms. The molecule has 8 heteroatoms. The van der Waals surface area contributed by atoms with Gasteiger partial charge in [-0.15, -0.1) is 0 Å². The van der Waals surface area contributed by atoms with Crippen LogP contribution in [-0.2, 0) is 9.59 Å². The first-order valence-corrected chi connectivity index (χ1v) is 6.21. The monoisotopic (exact) mass is 277 g/mol. The highest BCUT2D eigenvalue weighted by molar-refractivity contribution is 5.73. The minimum absolute atomic E-state index is 0.145. The zero-order chi connectivity index (χ0) is 14.8. The molecule has 0 aliphatic carbocycles. The maximum Gasteiger partial charge on any atom is 0.320 e. The minimum Gasteiger partial charge on any atom is -0.480 e. The predicted molar refractivity (Wildman–Crippen MR) is 68.6 cm³/mol. The van der Waals surface area contributed by atoms with Crippen LogP contribution in [0.15, 0.2) is 0 Å². The van der Waals surface area contributed by atoms with Gasteiger partial charge in [0, 0.05) is 6.54 Å². The Morgan fingerprint density at radius 1 is 1.32 bits per heavy atom. The summed E-state index contributed by atoms with van der Waals surface area (Å²) in [7, 11) is 0. The SMILES string of the molecule is NCC(O)CC[C@H](N)C(=O)O.O=C(O)[C@@H]1CCCN1. The molecular weight excluding hydrogens is 254 g/mol. The van der Waals surface area contributed by atoms with Crippen LogP contribution in [0.5, 0.6) is 0 Å². The summed E-state index contributed by atoms with van der Waals surface area (Å²) >= 11 is 0. The predicted octanol–water partition coefficient (Wildman–Crippen LogP) is -1.68. The van der Waals surface area contributed by atoms with Gasteiger partial charge in [-0.25, -0.2) is 0 Å². The van der Waals surface area contributed by atoms with E-state index in [-0.39, 0.29) is 19.0 Å². The maximum atomic E-state index is 10.2. The van der Waals surface area contributed by atoms with Crippen molar-refractivity contribution in [2.75, 3.05) is 13.1 Å². The first-order chi connectivity index (χ1) is 8.88. The van der Waals surface area contributed by atoms with Crippen LogP contribution in [0.2, 0.25) is 0 Å². The Morgan fingerprint density at radius 3 is 2.26 bits per heavy atom. The second-order valence-electron chi connectivity index (χ2n) is 4.40. The lowest BCUT2D eigenvalue weighted by atomic mass is 10.1. The number of carbonyl (C=O) groups is 2. The smallest absolute Gasteiger partial charge is 0.320 e. The highest BCUT2D eigenvalue weighted by Crippen LogP contribution is 2.03. The van der Waals surface area contributed by atoms with E-state index in [0.717, 1.165) is 19.4 Å². The van der Waals surface area contributed by atoms with E-state index in [1.807, 2.05) is 0 Å². The Kier molecular flexibility index (Phi) is 9.06. The molecule has 0 amide bonds. The zero-order valence-electron chi connectivity index (χ0n) is 10.8. The third-order valence-corrected chi connectivity index (χ3v) is 2.76. The molecule has 19 heavy (non-hydrogen) atoms. The second kappa shape index (κ2) is 9.68. The van der Waals surface area contributed by atoms with Crippen molar-refractivity contribution in [2.24, 2.45) is 11.5 Å². The lowest BCUT2D eigenvalue weighted by Gasteiger charge is -2.09. The van der Waals surface area contributed by atoms with Crippen molar-refractivity contribution in [3.05, 3.63) is 0 Å². The van der Waals surface area contributed by atoms with Gasteiger partial charge in [0.2, 0.25) is 0 Å². The number of aliphatic hydroxyl groups excluding tert-OH is 1. The average Bonchev–Trinajstić information content (AvgIpc) is 2.90. The number of rotatable bonds is 6. The molecule has 1 fully saturated rings. The van der Waals surface area contributed by atoms with E-state index in [9.17, 15) is 9.59 Å². The Hall–Kier alpha value is -1.22. The summed E-state index contributed by atoms with van der Waals surface area (Å²) in [4.78, 5) is 20.3. The van der Waals surface area contributed by atoms with Gasteiger partial charge in [-0.05, 0) is 32.2 Å². The number of hydrogen-bond donors (Lipinski definition) is 6. The molecule has 3 atom stereocenters. The summed E-state index contributed by atoms with van der Waals surface area (Å²) in [5.41, 5.74) is 10.3. The summed E-state index contributed by atoms with van der Waals surface area (Å²) in [6.45, 7) is 1.00. The van der Waals surface area contributed by atoms with Crippen molar-refractivity contribution in [1.82, 2.24) is 5.32 Å². The van der Waals surface area contributed by atoms with Crippen LogP contribution in [0.1, 0.15) is 25.7 Å². The molecule has 0 saturated carbocycles. The normalized spacial score (nSPS) is 21.1. The lowest BCUT2D eigenvalue weighted by molar-refractivity contribution is -0.139. The highest BCUT2D eigenvalue weighted by Gasteiger charge is 2.20. The molecule has 8 N–H and O–H groups in total. The van der Waals surface area contributed by atoms with E-state index in [2.05, 4.69) is 5.32 Å². The van der Waals surface area contributed by atoms with Gasteiger partial charge in [-0.3, -0.25) is 9.59 Å². The van der Waals surface area contributed by atoms with E-state index >= 15 is 0 Å². The fourth-order valence-corrected chi connectivity index (χ4v) is 1.51. The first-order valence-electron chi connectivity index (χ1n) is 6.21. The number of aliphatic hydroxyl groups is 1. The first kappa shape index (κ1) is 17.8. The van der Waals surface area contributed by atoms with E-state index < -0.39 is 24.1 Å². The van der Waals surface area contributed by atoms with Gasteiger partial charge in [0.1, 0.15) is 12.1 Å². The van der Waals surface area contributed by atoms with E-state index in [4.69, 9.17) is 26.8 Å². The van der Waals surface area contributed by atoms with E-state index in [0.29, 0.717) is 6.42 Å². The van der Waals surface area contributed by atoms with Crippen molar-refractivity contribution < 1.29 is 24.9 Å². The quantitative estimate of drug-likeness (QED) is 0.336. The Bertz CT molecular complexity index is 282. The van der Waals surface area contributed by atoms with Crippen LogP contribution in [-0.4, -0.2) is 58.5 Å². The number of nitrogens with two attached hydrogens (primary N) is 2. The molecule has 0 bridgehead atoms. The van der Waals surface area contributed by atoms with Crippen LogP contribution in [0.25, 0.3) is 0 Å². The number of carboxylic acids is 2. The van der Waals surface area contributed by atoms with Crippen molar-refractivity contribution in [2.45, 2.75) is 43.9 Å². The molecule has 0 aromatic heterocycles. The number of carboxylic acid groups (broad SMARTS) is 2. The molecule has 0 aromatic carbocycles. The van der Waals surface area contributed by atoms with E-state index in [1.165, 1.54) is 0 Å². The molecule has 1 unspecified atom stereocenters. The standard InChI is InChI=1S/C6H14N2O3.C5H9NO2/c7-3-4(9)1-2-5(8)6(10)11;7-5(8)4-2-1-3-6-4/h4-5,9H,1-3,7-8H2,(H,10,11);4,6H,1-3H2,(H,7,8)/t4?,5-;4-/m00/s1. The molecule has 1 aliphatic heterocycles. The summed E-state index contributed by atoms with van der Waals surface area (Å²) in [6, 6.07) is -1.16. The number of nitrogens with one attached hydrogen (secondary N) is 1. The summed E-state index contributed by atoms with van der Waals surface area (Å²) in [5.74, 6) is -1.77. The minimum atomic E-state index is -1.05. The average molecular weight is 277 g/mol. The van der Waals surface area contributed by atoms with Gasteiger partial charge in [-0.2, -0.15) is 0 Å². The van der Waals surface area contributed by atoms with Gasteiger partial charge in [0.25, 0.3) is 0 Å². The lowest BCUT2D eigenvalue weighted by Crippen LogP contribution is -2.32. The number of hydrogen-bond acceptors (Lipinski definition) is 6. The summed E-state index contributed by atoms with van der Waals surface area (Å²) in [6.07, 6.45) is 1.74. The zero-order valence-corrected chi connectivity index (χ0v) is 10.8. The number of aliphatic carboxylic acids is 2.